The summed E-state index contributed by atoms with van der Waals surface area (Å²) in [6.45, 7) is 10.2. The van der Waals surface area contributed by atoms with Gasteiger partial charge in [0.25, 0.3) is 0 Å². The Balaban J connectivity index is 2.15. The summed E-state index contributed by atoms with van der Waals surface area (Å²) in [5.74, 6) is 0.937. The molecule has 5 heteroatoms. The van der Waals surface area contributed by atoms with E-state index >= 15 is 0 Å². The highest BCUT2D eigenvalue weighted by Gasteiger charge is 2.42. The van der Waals surface area contributed by atoms with E-state index < -0.39 is 0 Å². The summed E-state index contributed by atoms with van der Waals surface area (Å²) in [5, 5.41) is 2.92. The second-order valence-corrected chi connectivity index (χ2v) is 7.10. The number of piperazine rings is 1. The zero-order chi connectivity index (χ0) is 15.6. The molecule has 2 rings (SSSR count). The molecule has 0 aromatic carbocycles. The van der Waals surface area contributed by atoms with Crippen LogP contribution in [0.3, 0.4) is 0 Å². The summed E-state index contributed by atoms with van der Waals surface area (Å²) in [4.78, 5) is 27.0. The minimum atomic E-state index is -0.366. The van der Waals surface area contributed by atoms with Gasteiger partial charge >= 0.3 is 0 Å². The Labute approximate surface area is 127 Å². The largest absolute Gasteiger partial charge is 0.381 e. The van der Waals surface area contributed by atoms with Gasteiger partial charge in [-0.2, -0.15) is 0 Å². The molecule has 0 aromatic rings. The molecule has 0 spiro atoms. The van der Waals surface area contributed by atoms with Crippen molar-refractivity contribution in [1.29, 1.82) is 0 Å². The van der Waals surface area contributed by atoms with Gasteiger partial charge < -0.3 is 15.0 Å². The van der Waals surface area contributed by atoms with Gasteiger partial charge in [0.15, 0.2) is 0 Å². The second-order valence-electron chi connectivity index (χ2n) is 7.10. The van der Waals surface area contributed by atoms with Gasteiger partial charge in [0.1, 0.15) is 12.1 Å². The third-order valence-corrected chi connectivity index (χ3v) is 4.32. The van der Waals surface area contributed by atoms with E-state index in [2.05, 4.69) is 19.2 Å². The van der Waals surface area contributed by atoms with Gasteiger partial charge in [-0.3, -0.25) is 9.59 Å². The molecule has 21 heavy (non-hydrogen) atoms. The first-order valence-corrected chi connectivity index (χ1v) is 8.08. The van der Waals surface area contributed by atoms with Crippen molar-refractivity contribution in [2.75, 3.05) is 19.8 Å². The lowest BCUT2D eigenvalue weighted by atomic mass is 9.92. The fourth-order valence-corrected chi connectivity index (χ4v) is 3.30. The van der Waals surface area contributed by atoms with Crippen LogP contribution >= 0.6 is 0 Å². The third kappa shape index (κ3) is 3.76. The van der Waals surface area contributed by atoms with Gasteiger partial charge in [-0.05, 0) is 24.7 Å². The molecule has 3 atom stereocenters. The Morgan fingerprint density at radius 2 is 2.00 bits per heavy atom. The first-order valence-electron chi connectivity index (χ1n) is 8.08. The fraction of sp³-hybridized carbons (Fsp3) is 0.875. The van der Waals surface area contributed by atoms with Crippen molar-refractivity contribution in [3.05, 3.63) is 0 Å². The van der Waals surface area contributed by atoms with Gasteiger partial charge in [0, 0.05) is 19.1 Å². The van der Waals surface area contributed by atoms with Crippen LogP contribution in [0.1, 0.15) is 40.5 Å². The van der Waals surface area contributed by atoms with E-state index in [1.807, 2.05) is 18.7 Å². The molecule has 2 heterocycles. The smallest absolute Gasteiger partial charge is 0.245 e. The van der Waals surface area contributed by atoms with Crippen LogP contribution in [0.4, 0.5) is 0 Å². The Morgan fingerprint density at radius 3 is 2.52 bits per heavy atom. The van der Waals surface area contributed by atoms with Crippen LogP contribution in [-0.4, -0.2) is 48.6 Å². The number of nitrogens with zero attached hydrogens (tertiary/aromatic N) is 1. The fourth-order valence-electron chi connectivity index (χ4n) is 3.30. The summed E-state index contributed by atoms with van der Waals surface area (Å²) in [5.41, 5.74) is 0. The number of carbonyl (C=O) groups is 2. The number of rotatable bonds is 5. The van der Waals surface area contributed by atoms with Gasteiger partial charge in [0.05, 0.1) is 6.61 Å². The van der Waals surface area contributed by atoms with Gasteiger partial charge in [-0.15, -0.1) is 0 Å². The predicted octanol–water partition coefficient (Wildman–Crippen LogP) is 1.42. The molecule has 0 aromatic heterocycles. The van der Waals surface area contributed by atoms with Crippen molar-refractivity contribution in [2.24, 2.45) is 17.8 Å². The van der Waals surface area contributed by atoms with Crippen LogP contribution < -0.4 is 5.32 Å². The van der Waals surface area contributed by atoms with Gasteiger partial charge in [-0.1, -0.05) is 27.7 Å². The molecule has 0 saturated carbocycles. The number of hydrogen-bond acceptors (Lipinski definition) is 3. The molecule has 0 aliphatic carbocycles. The maximum atomic E-state index is 12.8. The van der Waals surface area contributed by atoms with Crippen molar-refractivity contribution < 1.29 is 14.3 Å². The highest BCUT2D eigenvalue weighted by molar-refractivity contribution is 5.97. The lowest BCUT2D eigenvalue weighted by molar-refractivity contribution is -0.152. The van der Waals surface area contributed by atoms with Crippen LogP contribution in [0.25, 0.3) is 0 Å². The average Bonchev–Trinajstić information content (AvgIpc) is 2.87. The average molecular weight is 296 g/mol. The molecule has 2 amide bonds. The van der Waals surface area contributed by atoms with Crippen molar-refractivity contribution in [3.63, 3.8) is 0 Å². The van der Waals surface area contributed by atoms with Crippen LogP contribution in [0.2, 0.25) is 0 Å². The zero-order valence-electron chi connectivity index (χ0n) is 13.6. The van der Waals surface area contributed by atoms with E-state index in [4.69, 9.17) is 4.74 Å². The molecule has 1 N–H and O–H groups in total. The summed E-state index contributed by atoms with van der Waals surface area (Å²) < 4.78 is 5.41. The number of nitrogens with one attached hydrogen (secondary N) is 1. The van der Waals surface area contributed by atoms with Crippen LogP contribution in [0.5, 0.6) is 0 Å². The summed E-state index contributed by atoms with van der Waals surface area (Å²) in [6.07, 6.45) is 1.68. The molecule has 2 aliphatic rings. The quantitative estimate of drug-likeness (QED) is 0.835. The molecular weight excluding hydrogens is 268 g/mol. The highest BCUT2D eigenvalue weighted by Crippen LogP contribution is 2.24. The highest BCUT2D eigenvalue weighted by atomic mass is 16.5. The summed E-state index contributed by atoms with van der Waals surface area (Å²) >= 11 is 0. The molecule has 5 nitrogen and oxygen atoms in total. The molecular formula is C16H28N2O3. The van der Waals surface area contributed by atoms with Crippen LogP contribution in [0, 0.1) is 17.8 Å². The molecule has 120 valence electrons. The van der Waals surface area contributed by atoms with Crippen LogP contribution in [-0.2, 0) is 14.3 Å². The van der Waals surface area contributed by atoms with Gasteiger partial charge in [-0.25, -0.2) is 0 Å². The second kappa shape index (κ2) is 6.77. The summed E-state index contributed by atoms with van der Waals surface area (Å²) in [6, 6.07) is -0.712. The minimum Gasteiger partial charge on any atom is -0.381 e. The van der Waals surface area contributed by atoms with E-state index in [0.717, 1.165) is 13.0 Å². The Hall–Kier alpha value is -1.10. The molecule has 3 unspecified atom stereocenters. The third-order valence-electron chi connectivity index (χ3n) is 4.32. The molecule has 2 aliphatic heterocycles. The minimum absolute atomic E-state index is 0.00540. The molecule has 2 fully saturated rings. The lowest BCUT2D eigenvalue weighted by Crippen LogP contribution is -2.65. The predicted molar refractivity (Wildman–Crippen MR) is 80.7 cm³/mol. The van der Waals surface area contributed by atoms with E-state index in [1.54, 1.807) is 0 Å². The molecule has 0 bridgehead atoms. The van der Waals surface area contributed by atoms with E-state index in [1.165, 1.54) is 0 Å². The van der Waals surface area contributed by atoms with Crippen LogP contribution in [0.15, 0.2) is 0 Å². The SMILES string of the molecule is CC(C)CC1NC(=O)C(C(C)C)N(CC2CCOC2)C1=O. The van der Waals surface area contributed by atoms with E-state index in [9.17, 15) is 9.59 Å². The van der Waals surface area contributed by atoms with Crippen molar-refractivity contribution >= 4 is 11.8 Å². The Kier molecular flexibility index (Phi) is 5.25. The monoisotopic (exact) mass is 296 g/mol. The zero-order valence-corrected chi connectivity index (χ0v) is 13.6. The Bertz CT molecular complexity index is 389. The van der Waals surface area contributed by atoms with E-state index in [-0.39, 0.29) is 29.8 Å². The van der Waals surface area contributed by atoms with Crippen molar-refractivity contribution in [1.82, 2.24) is 10.2 Å². The molecule has 2 saturated heterocycles. The number of carbonyl (C=O) groups excluding carboxylic acids is 2. The molecule has 0 radical (unpaired) electrons. The maximum Gasteiger partial charge on any atom is 0.245 e. The summed E-state index contributed by atoms with van der Waals surface area (Å²) in [7, 11) is 0. The van der Waals surface area contributed by atoms with Crippen molar-refractivity contribution in [2.45, 2.75) is 52.6 Å². The van der Waals surface area contributed by atoms with Gasteiger partial charge in [0.2, 0.25) is 11.8 Å². The number of amides is 2. The Morgan fingerprint density at radius 1 is 1.29 bits per heavy atom. The first kappa shape index (κ1) is 16.3. The maximum absolute atomic E-state index is 12.8. The first-order chi connectivity index (χ1) is 9.90. The topological polar surface area (TPSA) is 58.6 Å². The number of ether oxygens (including phenoxy) is 1. The number of hydrogen-bond donors (Lipinski definition) is 1. The standard InChI is InChI=1S/C16H28N2O3/c1-10(2)7-13-16(20)18(8-12-5-6-21-9-12)14(11(3)4)15(19)17-13/h10-14H,5-9H2,1-4H3,(H,17,19). The normalized spacial score (nSPS) is 30.4. The van der Waals surface area contributed by atoms with E-state index in [0.29, 0.717) is 31.4 Å². The van der Waals surface area contributed by atoms with Crippen molar-refractivity contribution in [3.8, 4) is 0 Å². The lowest BCUT2D eigenvalue weighted by Gasteiger charge is -2.42.